The molecule has 21 heavy (non-hydrogen) atoms. The van der Waals surface area contributed by atoms with Gasteiger partial charge in [0.25, 0.3) is 8.32 Å². The van der Waals surface area contributed by atoms with Crippen molar-refractivity contribution in [1.29, 1.82) is 5.26 Å². The minimum Gasteiger partial charge on any atom is -0.543 e. The van der Waals surface area contributed by atoms with Crippen molar-refractivity contribution in [2.24, 2.45) is 0 Å². The predicted octanol–water partition coefficient (Wildman–Crippen LogP) is 5.87. The standard InChI is InChI=1S/C18H29NOSi/c1-13(2)21(14(3)4,15(5)6)20-18-10-8-17(9-11-18)16(7)12-19/h8-11,13-16H,1-7H3. The molecule has 0 spiro atoms. The first-order valence-corrected chi connectivity index (χ1v) is 10.1. The number of hydrogen-bond acceptors (Lipinski definition) is 2. The zero-order chi connectivity index (χ0) is 16.2. The Balaban J connectivity index is 3.08. The van der Waals surface area contributed by atoms with Crippen LogP contribution in [0, 0.1) is 11.3 Å². The van der Waals surface area contributed by atoms with E-state index in [4.69, 9.17) is 9.69 Å². The van der Waals surface area contributed by atoms with Crippen molar-refractivity contribution in [2.45, 2.75) is 71.0 Å². The molecule has 3 heteroatoms. The van der Waals surface area contributed by atoms with Gasteiger partial charge >= 0.3 is 0 Å². The smallest absolute Gasteiger partial charge is 0.258 e. The summed E-state index contributed by atoms with van der Waals surface area (Å²) >= 11 is 0. The van der Waals surface area contributed by atoms with Gasteiger partial charge in [-0.2, -0.15) is 5.26 Å². The third kappa shape index (κ3) is 3.68. The van der Waals surface area contributed by atoms with Gasteiger partial charge in [0.1, 0.15) is 5.75 Å². The van der Waals surface area contributed by atoms with Crippen molar-refractivity contribution in [3.05, 3.63) is 29.8 Å². The first kappa shape index (κ1) is 17.8. The van der Waals surface area contributed by atoms with Crippen LogP contribution in [0.15, 0.2) is 24.3 Å². The van der Waals surface area contributed by atoms with Crippen molar-refractivity contribution in [2.75, 3.05) is 0 Å². The van der Waals surface area contributed by atoms with Crippen molar-refractivity contribution in [3.63, 3.8) is 0 Å². The summed E-state index contributed by atoms with van der Waals surface area (Å²) < 4.78 is 6.61. The maximum absolute atomic E-state index is 8.99. The molecule has 0 radical (unpaired) electrons. The molecule has 0 aliphatic carbocycles. The lowest BCUT2D eigenvalue weighted by Crippen LogP contribution is -2.50. The molecule has 2 nitrogen and oxygen atoms in total. The number of nitrogens with zero attached hydrogens (tertiary/aromatic N) is 1. The largest absolute Gasteiger partial charge is 0.543 e. The average Bonchev–Trinajstić information content (AvgIpc) is 2.43. The van der Waals surface area contributed by atoms with Crippen LogP contribution in [-0.4, -0.2) is 8.32 Å². The Morgan fingerprint density at radius 3 is 1.62 bits per heavy atom. The van der Waals surface area contributed by atoms with Crippen LogP contribution in [0.5, 0.6) is 5.75 Å². The molecule has 0 fully saturated rings. The molecular weight excluding hydrogens is 274 g/mol. The summed E-state index contributed by atoms with van der Waals surface area (Å²) in [6, 6.07) is 10.4. The van der Waals surface area contributed by atoms with Crippen molar-refractivity contribution in [3.8, 4) is 11.8 Å². The van der Waals surface area contributed by atoms with E-state index in [-0.39, 0.29) is 5.92 Å². The predicted molar refractivity (Wildman–Crippen MR) is 92.1 cm³/mol. The molecule has 1 aromatic carbocycles. The third-order valence-corrected chi connectivity index (χ3v) is 10.6. The van der Waals surface area contributed by atoms with Crippen LogP contribution in [0.1, 0.15) is 59.9 Å². The molecule has 1 atom stereocenters. The molecule has 1 rings (SSSR count). The first-order chi connectivity index (χ1) is 9.75. The summed E-state index contributed by atoms with van der Waals surface area (Å²) in [5.41, 5.74) is 2.75. The number of hydrogen-bond donors (Lipinski definition) is 0. The molecule has 116 valence electrons. The van der Waals surface area contributed by atoms with Gasteiger partial charge in [-0.25, -0.2) is 0 Å². The molecule has 1 unspecified atom stereocenters. The molecule has 0 amide bonds. The number of rotatable bonds is 6. The van der Waals surface area contributed by atoms with Crippen molar-refractivity contribution < 1.29 is 4.43 Å². The fraction of sp³-hybridized carbons (Fsp3) is 0.611. The highest BCUT2D eigenvalue weighted by molar-refractivity contribution is 6.78. The number of benzene rings is 1. The zero-order valence-corrected chi connectivity index (χ0v) is 15.5. The molecule has 1 aromatic rings. The monoisotopic (exact) mass is 303 g/mol. The lowest BCUT2D eigenvalue weighted by molar-refractivity contribution is 0.479. The van der Waals surface area contributed by atoms with Crippen LogP contribution in [0.2, 0.25) is 16.6 Å². The fourth-order valence-corrected chi connectivity index (χ4v) is 8.71. The second-order valence-corrected chi connectivity index (χ2v) is 12.2. The van der Waals surface area contributed by atoms with Gasteiger partial charge in [0, 0.05) is 0 Å². The Kier molecular flexibility index (Phi) is 6.04. The first-order valence-electron chi connectivity index (χ1n) is 7.94. The maximum Gasteiger partial charge on any atom is 0.258 e. The van der Waals surface area contributed by atoms with Gasteiger partial charge in [-0.05, 0) is 41.2 Å². The minimum absolute atomic E-state index is 0.0682. The lowest BCUT2D eigenvalue weighted by atomic mass is 10.0. The average molecular weight is 304 g/mol. The van der Waals surface area contributed by atoms with E-state index < -0.39 is 8.32 Å². The highest BCUT2D eigenvalue weighted by Crippen LogP contribution is 2.42. The highest BCUT2D eigenvalue weighted by Gasteiger charge is 2.46. The zero-order valence-electron chi connectivity index (χ0n) is 14.5. The molecule has 0 aromatic heterocycles. The van der Waals surface area contributed by atoms with Gasteiger partial charge in [-0.1, -0.05) is 53.7 Å². The molecule has 0 saturated heterocycles. The van der Waals surface area contributed by atoms with Crippen LogP contribution >= 0.6 is 0 Å². The van der Waals surface area contributed by atoms with Gasteiger partial charge in [0.05, 0.1) is 12.0 Å². The van der Waals surface area contributed by atoms with Gasteiger partial charge < -0.3 is 4.43 Å². The van der Waals surface area contributed by atoms with Crippen LogP contribution in [0.3, 0.4) is 0 Å². The molecule has 0 aliphatic heterocycles. The number of nitriles is 1. The second kappa shape index (κ2) is 7.13. The maximum atomic E-state index is 8.99. The van der Waals surface area contributed by atoms with Gasteiger partial charge in [-0.3, -0.25) is 0 Å². The van der Waals surface area contributed by atoms with E-state index in [0.717, 1.165) is 11.3 Å². The lowest BCUT2D eigenvalue weighted by Gasteiger charge is -2.42. The Hall–Kier alpha value is -1.27. The molecule has 0 aliphatic rings. The van der Waals surface area contributed by atoms with E-state index in [1.165, 1.54) is 0 Å². The normalized spacial score (nSPS) is 13.6. The van der Waals surface area contributed by atoms with E-state index in [2.05, 4.69) is 47.6 Å². The van der Waals surface area contributed by atoms with Crippen LogP contribution in [-0.2, 0) is 0 Å². The van der Waals surface area contributed by atoms with E-state index in [1.807, 2.05) is 31.2 Å². The van der Waals surface area contributed by atoms with E-state index in [1.54, 1.807) is 0 Å². The topological polar surface area (TPSA) is 33.0 Å². The summed E-state index contributed by atoms with van der Waals surface area (Å²) in [4.78, 5) is 0. The van der Waals surface area contributed by atoms with E-state index in [0.29, 0.717) is 16.6 Å². The van der Waals surface area contributed by atoms with Gasteiger partial charge in [0.15, 0.2) is 0 Å². The molecule has 0 bridgehead atoms. The van der Waals surface area contributed by atoms with Gasteiger partial charge in [0.2, 0.25) is 0 Å². The van der Waals surface area contributed by atoms with E-state index in [9.17, 15) is 0 Å². The summed E-state index contributed by atoms with van der Waals surface area (Å²) in [6.07, 6.45) is 0. The van der Waals surface area contributed by atoms with E-state index >= 15 is 0 Å². The Morgan fingerprint density at radius 1 is 0.857 bits per heavy atom. The fourth-order valence-electron chi connectivity index (χ4n) is 3.46. The summed E-state index contributed by atoms with van der Waals surface area (Å²) in [6.45, 7) is 15.7. The third-order valence-electron chi connectivity index (χ3n) is 4.58. The molecule has 0 saturated carbocycles. The SMILES string of the molecule is CC(C#N)c1ccc(O[Si](C(C)C)(C(C)C)C(C)C)cc1. The Labute approximate surface area is 131 Å². The summed E-state index contributed by atoms with van der Waals surface area (Å²) in [5, 5.41) is 8.99. The quantitative estimate of drug-likeness (QED) is 0.616. The molecular formula is C18H29NOSi. The van der Waals surface area contributed by atoms with Crippen LogP contribution in [0.4, 0.5) is 0 Å². The van der Waals surface area contributed by atoms with Crippen molar-refractivity contribution >= 4 is 8.32 Å². The highest BCUT2D eigenvalue weighted by atomic mass is 28.4. The Bertz CT molecular complexity index is 463. The molecule has 0 N–H and O–H groups in total. The summed E-state index contributed by atoms with van der Waals surface area (Å²) in [7, 11) is -1.89. The summed E-state index contributed by atoms with van der Waals surface area (Å²) in [5.74, 6) is 0.882. The molecule has 0 heterocycles. The minimum atomic E-state index is -1.89. The van der Waals surface area contributed by atoms with Crippen LogP contribution < -0.4 is 4.43 Å². The van der Waals surface area contributed by atoms with Gasteiger partial charge in [-0.15, -0.1) is 0 Å². The Morgan fingerprint density at radius 2 is 1.29 bits per heavy atom. The van der Waals surface area contributed by atoms with Crippen molar-refractivity contribution in [1.82, 2.24) is 0 Å². The second-order valence-electron chi connectivity index (χ2n) is 6.84. The van der Waals surface area contributed by atoms with Crippen LogP contribution in [0.25, 0.3) is 0 Å².